The van der Waals surface area contributed by atoms with Gasteiger partial charge in [0.15, 0.2) is 0 Å². The average molecular weight is 466 g/mol. The largest absolute Gasteiger partial charge is 0.446 e. The first kappa shape index (κ1) is 21.5. The number of amides is 1. The molecule has 0 unspecified atom stereocenters. The molecule has 6 rings (SSSR count). The highest BCUT2D eigenvalue weighted by atomic mass is 16.6. The maximum Gasteiger partial charge on any atom is 0.411 e. The lowest BCUT2D eigenvalue weighted by Gasteiger charge is -2.30. The van der Waals surface area contributed by atoms with E-state index < -0.39 is 6.09 Å². The summed E-state index contributed by atoms with van der Waals surface area (Å²) >= 11 is 0. The fraction of sp³-hybridized carbons (Fsp3) is 0.321. The van der Waals surface area contributed by atoms with Gasteiger partial charge < -0.3 is 9.30 Å². The molecule has 0 saturated heterocycles. The fourth-order valence-electron chi connectivity index (χ4n) is 4.97. The normalized spacial score (nSPS) is 16.5. The molecule has 2 heterocycles. The van der Waals surface area contributed by atoms with Crippen molar-refractivity contribution in [2.75, 3.05) is 5.32 Å². The van der Waals surface area contributed by atoms with Crippen molar-refractivity contribution in [3.63, 3.8) is 0 Å². The third kappa shape index (κ3) is 3.95. The summed E-state index contributed by atoms with van der Waals surface area (Å²) in [6.45, 7) is 1.95. The van der Waals surface area contributed by atoms with Gasteiger partial charge in [0.1, 0.15) is 12.2 Å². The Kier molecular flexibility index (Phi) is 5.29. The van der Waals surface area contributed by atoms with Crippen LogP contribution in [0.2, 0.25) is 0 Å². The molecule has 1 N–H and O–H groups in total. The van der Waals surface area contributed by atoms with Crippen molar-refractivity contribution >= 4 is 22.7 Å². The Morgan fingerprint density at radius 2 is 1.97 bits per heavy atom. The van der Waals surface area contributed by atoms with Crippen LogP contribution >= 0.6 is 0 Å². The Balaban J connectivity index is 1.37. The maximum absolute atomic E-state index is 12.3. The van der Waals surface area contributed by atoms with Gasteiger partial charge in [-0.3, -0.25) is 5.32 Å². The average Bonchev–Trinajstić information content (AvgIpc) is 3.45. The van der Waals surface area contributed by atoms with E-state index in [1.807, 2.05) is 60.3 Å². The lowest BCUT2D eigenvalue weighted by Crippen LogP contribution is -2.21. The molecule has 2 aliphatic rings. The Hall–Kier alpha value is -4.05. The minimum Gasteiger partial charge on any atom is -0.446 e. The zero-order valence-electron chi connectivity index (χ0n) is 19.6. The number of ether oxygens (including phenoxy) is 1. The van der Waals surface area contributed by atoms with Gasteiger partial charge in [-0.2, -0.15) is 10.4 Å². The molecule has 1 atom stereocenters. The van der Waals surface area contributed by atoms with E-state index in [0.29, 0.717) is 23.2 Å². The van der Waals surface area contributed by atoms with E-state index in [9.17, 15) is 10.1 Å². The fourth-order valence-corrected chi connectivity index (χ4v) is 4.97. The van der Waals surface area contributed by atoms with Crippen molar-refractivity contribution in [1.29, 1.82) is 5.26 Å². The molecule has 0 aliphatic heterocycles. The summed E-state index contributed by atoms with van der Waals surface area (Å²) in [6, 6.07) is 18.6. The summed E-state index contributed by atoms with van der Waals surface area (Å²) < 4.78 is 9.65. The van der Waals surface area contributed by atoms with Crippen molar-refractivity contribution in [2.24, 2.45) is 5.92 Å². The molecule has 2 saturated carbocycles. The van der Waals surface area contributed by atoms with Crippen LogP contribution in [0.25, 0.3) is 27.8 Å². The highest BCUT2D eigenvalue weighted by molar-refractivity contribution is 5.96. The van der Waals surface area contributed by atoms with Crippen LogP contribution in [0.4, 0.5) is 10.5 Å². The van der Waals surface area contributed by atoms with Crippen molar-refractivity contribution in [3.8, 4) is 23.0 Å². The molecule has 0 bridgehead atoms. The number of carbonyl (C=O) groups is 1. The Morgan fingerprint density at radius 3 is 2.60 bits per heavy atom. The minimum absolute atomic E-state index is 0.0581. The van der Waals surface area contributed by atoms with Crippen LogP contribution in [0, 0.1) is 17.2 Å². The first-order valence-electron chi connectivity index (χ1n) is 12.3. The summed E-state index contributed by atoms with van der Waals surface area (Å²) in [4.78, 5) is 12.3. The number of aromatic nitrogens is 3. The second-order valence-electron chi connectivity index (χ2n) is 9.59. The van der Waals surface area contributed by atoms with E-state index in [1.165, 1.54) is 6.42 Å². The van der Waals surface area contributed by atoms with Gasteiger partial charge in [-0.15, -0.1) is 0 Å². The van der Waals surface area contributed by atoms with Crippen LogP contribution in [-0.2, 0) is 4.74 Å². The third-order valence-corrected chi connectivity index (χ3v) is 7.29. The monoisotopic (exact) mass is 465 g/mol. The van der Waals surface area contributed by atoms with Gasteiger partial charge in [0.05, 0.1) is 22.5 Å². The van der Waals surface area contributed by atoms with Crippen LogP contribution in [0.15, 0.2) is 60.9 Å². The zero-order chi connectivity index (χ0) is 23.9. The molecule has 35 heavy (non-hydrogen) atoms. The van der Waals surface area contributed by atoms with Gasteiger partial charge in [0.2, 0.25) is 0 Å². The molecule has 176 valence electrons. The number of carbonyl (C=O) groups excluding carboxylic acids is 1. The minimum atomic E-state index is -0.426. The zero-order valence-corrected chi connectivity index (χ0v) is 19.6. The maximum atomic E-state index is 12.3. The van der Waals surface area contributed by atoms with Gasteiger partial charge in [-0.05, 0) is 86.9 Å². The lowest BCUT2D eigenvalue weighted by molar-refractivity contribution is 0.108. The summed E-state index contributed by atoms with van der Waals surface area (Å²) in [5.74, 6) is 0.495. The SMILES string of the molecule is C[C@@H](OC(=O)Nc1ccc(-c2c(C#N)c3ccc(-n4cccn4)cc3n2C2CCC2)cc1)C1CC1. The quantitative estimate of drug-likeness (QED) is 0.355. The summed E-state index contributed by atoms with van der Waals surface area (Å²) in [5, 5.41) is 18.3. The molecule has 0 spiro atoms. The molecule has 2 aromatic carbocycles. The molecule has 0 radical (unpaired) electrons. The number of fused-ring (bicyclic) bond motifs is 1. The van der Waals surface area contributed by atoms with Gasteiger partial charge in [0.25, 0.3) is 0 Å². The van der Waals surface area contributed by atoms with Crippen molar-refractivity contribution in [1.82, 2.24) is 14.3 Å². The topological polar surface area (TPSA) is 84.9 Å². The lowest BCUT2D eigenvalue weighted by atomic mass is 9.92. The van der Waals surface area contributed by atoms with Crippen LogP contribution in [0.3, 0.4) is 0 Å². The van der Waals surface area contributed by atoms with E-state index >= 15 is 0 Å². The molecule has 2 aliphatic carbocycles. The predicted octanol–water partition coefficient (Wildman–Crippen LogP) is 6.44. The van der Waals surface area contributed by atoms with Crippen LogP contribution in [0.5, 0.6) is 0 Å². The van der Waals surface area contributed by atoms with E-state index in [2.05, 4.69) is 27.1 Å². The second kappa shape index (κ2) is 8.62. The van der Waals surface area contributed by atoms with Crippen LogP contribution in [-0.4, -0.2) is 26.5 Å². The molecule has 1 amide bonds. The van der Waals surface area contributed by atoms with Crippen molar-refractivity contribution < 1.29 is 9.53 Å². The Morgan fingerprint density at radius 1 is 1.17 bits per heavy atom. The van der Waals surface area contributed by atoms with Gasteiger partial charge in [-0.1, -0.05) is 12.1 Å². The summed E-state index contributed by atoms with van der Waals surface area (Å²) in [5.41, 5.74) is 5.26. The number of nitrogens with zero attached hydrogens (tertiary/aromatic N) is 4. The molecule has 7 heteroatoms. The molecular weight excluding hydrogens is 438 g/mol. The standard InChI is InChI=1S/C28H27N5O2/c1-18(19-6-7-19)35-28(34)31-21-10-8-20(9-11-21)27-25(17-29)24-13-12-23(32-15-3-14-30-32)16-26(24)33(27)22-4-2-5-22/h3,8-16,18-19,22H,2,4-7H2,1H3,(H,31,34)/t18-/m1/s1. The molecule has 2 fully saturated rings. The molecule has 4 aromatic rings. The van der Waals surface area contributed by atoms with Crippen molar-refractivity contribution in [3.05, 3.63) is 66.5 Å². The molecule has 2 aromatic heterocycles. The van der Waals surface area contributed by atoms with E-state index in [4.69, 9.17) is 4.74 Å². The van der Waals surface area contributed by atoms with Gasteiger partial charge in [-0.25, -0.2) is 9.48 Å². The number of benzene rings is 2. The highest BCUT2D eigenvalue weighted by Crippen LogP contribution is 2.43. The number of nitrogens with one attached hydrogen (secondary N) is 1. The summed E-state index contributed by atoms with van der Waals surface area (Å²) in [6.07, 6.45) is 8.84. The van der Waals surface area contributed by atoms with Crippen molar-refractivity contribution in [2.45, 2.75) is 51.2 Å². The van der Waals surface area contributed by atoms with Gasteiger partial charge >= 0.3 is 6.09 Å². The first-order valence-corrected chi connectivity index (χ1v) is 12.3. The highest BCUT2D eigenvalue weighted by Gasteiger charge is 2.31. The first-order chi connectivity index (χ1) is 17.1. The number of nitriles is 1. The van der Waals surface area contributed by atoms with Crippen LogP contribution < -0.4 is 5.32 Å². The Bertz CT molecular complexity index is 1420. The Labute approximate surface area is 203 Å². The number of hydrogen-bond acceptors (Lipinski definition) is 4. The molecule has 7 nitrogen and oxygen atoms in total. The number of hydrogen-bond donors (Lipinski definition) is 1. The van der Waals surface area contributed by atoms with E-state index in [1.54, 1.807) is 6.20 Å². The summed E-state index contributed by atoms with van der Waals surface area (Å²) in [7, 11) is 0. The predicted molar refractivity (Wildman–Crippen MR) is 134 cm³/mol. The van der Waals surface area contributed by atoms with E-state index in [0.717, 1.165) is 53.5 Å². The number of anilines is 1. The smallest absolute Gasteiger partial charge is 0.411 e. The third-order valence-electron chi connectivity index (χ3n) is 7.29. The van der Waals surface area contributed by atoms with Gasteiger partial charge in [0, 0.05) is 29.5 Å². The second-order valence-corrected chi connectivity index (χ2v) is 9.59. The van der Waals surface area contributed by atoms with Crippen LogP contribution in [0.1, 0.15) is 50.6 Å². The molecular formula is C28H27N5O2. The van der Waals surface area contributed by atoms with E-state index in [-0.39, 0.29) is 6.10 Å². The number of rotatable bonds is 6.